The molecule has 9 heteroatoms. The first kappa shape index (κ1) is 20.3. The Hall–Kier alpha value is -2.62. The van der Waals surface area contributed by atoms with Gasteiger partial charge in [0.05, 0.1) is 29.2 Å². The average Bonchev–Trinajstić information content (AvgIpc) is 3.50. The Kier molecular flexibility index (Phi) is 4.91. The molecule has 3 aromatic rings. The van der Waals surface area contributed by atoms with Crippen molar-refractivity contribution in [3.05, 3.63) is 48.5 Å². The number of alkyl halides is 1. The number of phenolic OH excluding ortho intramolecular Hbond substituents is 1. The Bertz CT molecular complexity index is 1120. The summed E-state index contributed by atoms with van der Waals surface area (Å²) in [6, 6.07) is 5.42. The minimum absolute atomic E-state index is 0.00279. The van der Waals surface area contributed by atoms with Crippen LogP contribution in [0.15, 0.2) is 43.5 Å². The van der Waals surface area contributed by atoms with Gasteiger partial charge >= 0.3 is 0 Å². The highest BCUT2D eigenvalue weighted by Crippen LogP contribution is 2.47. The topological polar surface area (TPSA) is 85.1 Å². The molecule has 0 radical (unpaired) electrons. The van der Waals surface area contributed by atoms with Crippen molar-refractivity contribution in [3.8, 4) is 22.0 Å². The Morgan fingerprint density at radius 1 is 1.42 bits per heavy atom. The molecule has 2 saturated heterocycles. The van der Waals surface area contributed by atoms with E-state index in [9.17, 15) is 5.11 Å². The van der Waals surface area contributed by atoms with Crippen LogP contribution in [0, 0.1) is 5.92 Å². The summed E-state index contributed by atoms with van der Waals surface area (Å²) in [5, 5.41) is 23.6. The van der Waals surface area contributed by atoms with E-state index in [-0.39, 0.29) is 23.8 Å². The van der Waals surface area contributed by atoms with Crippen molar-refractivity contribution in [2.75, 3.05) is 7.11 Å². The molecule has 0 amide bonds. The molecule has 0 saturated carbocycles. The fraction of sp³-hybridized carbons (Fsp3) is 0.409. The maximum Gasteiger partial charge on any atom is 0.151 e. The maximum atomic E-state index is 15.5. The van der Waals surface area contributed by atoms with E-state index in [1.807, 2.05) is 13.0 Å². The molecule has 4 heterocycles. The fourth-order valence-electron chi connectivity index (χ4n) is 4.84. The normalized spacial score (nSPS) is 29.9. The van der Waals surface area contributed by atoms with E-state index in [1.165, 1.54) is 11.3 Å². The molecule has 0 aliphatic carbocycles. The molecule has 5 rings (SSSR count). The monoisotopic (exact) mass is 441 g/mol. The molecule has 2 aliphatic heterocycles. The molecule has 162 valence electrons. The highest BCUT2D eigenvalue weighted by atomic mass is 32.1. The number of aromatic nitrogens is 4. The third-order valence-corrected chi connectivity index (χ3v) is 7.56. The first-order chi connectivity index (χ1) is 14.9. The van der Waals surface area contributed by atoms with Gasteiger partial charge in [0.1, 0.15) is 16.9 Å². The van der Waals surface area contributed by atoms with E-state index in [0.717, 1.165) is 5.69 Å². The molecule has 2 aliphatic rings. The van der Waals surface area contributed by atoms with Crippen LogP contribution in [0.25, 0.3) is 21.8 Å². The van der Waals surface area contributed by atoms with Crippen molar-refractivity contribution in [1.29, 1.82) is 0 Å². The van der Waals surface area contributed by atoms with E-state index in [1.54, 1.807) is 42.5 Å². The molecule has 2 bridgehead atoms. The third kappa shape index (κ3) is 3.37. The number of methoxy groups -OCH3 is 1. The SMILES string of the molecule is C=C(c1nnc(-c2ccc(-n3ccnc3)cc2O)s1)[C@@H]1C[C@@H]2N[C@@](C)(C[C@H]2OC)[C@H]1F. The van der Waals surface area contributed by atoms with E-state index in [4.69, 9.17) is 4.74 Å². The van der Waals surface area contributed by atoms with Crippen LogP contribution in [0.3, 0.4) is 0 Å². The predicted octanol–water partition coefficient (Wildman–Crippen LogP) is 3.60. The molecule has 2 aromatic heterocycles. The molecule has 2 N–H and O–H groups in total. The van der Waals surface area contributed by atoms with Crippen molar-refractivity contribution in [2.24, 2.45) is 5.92 Å². The lowest BCUT2D eigenvalue weighted by Gasteiger charge is -2.40. The second-order valence-electron chi connectivity index (χ2n) is 8.50. The first-order valence-corrected chi connectivity index (χ1v) is 11.0. The number of halogens is 1. The van der Waals surface area contributed by atoms with E-state index >= 15 is 4.39 Å². The number of nitrogens with one attached hydrogen (secondary N) is 1. The summed E-state index contributed by atoms with van der Waals surface area (Å²) in [5.41, 5.74) is 1.39. The van der Waals surface area contributed by atoms with Gasteiger partial charge in [-0.3, -0.25) is 0 Å². The second kappa shape index (κ2) is 7.51. The summed E-state index contributed by atoms with van der Waals surface area (Å²) < 4.78 is 22.8. The van der Waals surface area contributed by atoms with Crippen LogP contribution in [-0.4, -0.2) is 55.8 Å². The number of ether oxygens (including phenoxy) is 1. The van der Waals surface area contributed by atoms with Crippen molar-refractivity contribution in [2.45, 2.75) is 43.6 Å². The van der Waals surface area contributed by atoms with Gasteiger partial charge in [-0.2, -0.15) is 0 Å². The lowest BCUT2D eigenvalue weighted by atomic mass is 9.79. The third-order valence-electron chi connectivity index (χ3n) is 6.52. The zero-order valence-corrected chi connectivity index (χ0v) is 18.1. The molecule has 5 atom stereocenters. The van der Waals surface area contributed by atoms with Gasteiger partial charge in [-0.1, -0.05) is 17.9 Å². The summed E-state index contributed by atoms with van der Waals surface area (Å²) in [6.45, 7) is 6.09. The van der Waals surface area contributed by atoms with Gasteiger partial charge in [0.2, 0.25) is 0 Å². The summed E-state index contributed by atoms with van der Waals surface area (Å²) in [6.07, 6.45) is 5.29. The van der Waals surface area contributed by atoms with E-state index in [0.29, 0.717) is 34.0 Å². The minimum atomic E-state index is -1.09. The Labute approximate surface area is 183 Å². The predicted molar refractivity (Wildman–Crippen MR) is 117 cm³/mol. The Morgan fingerprint density at radius 3 is 2.97 bits per heavy atom. The molecule has 0 unspecified atom stereocenters. The Balaban J connectivity index is 1.39. The van der Waals surface area contributed by atoms with Crippen molar-refractivity contribution in [1.82, 2.24) is 25.1 Å². The van der Waals surface area contributed by atoms with Crippen LogP contribution in [0.5, 0.6) is 5.75 Å². The highest BCUT2D eigenvalue weighted by Gasteiger charge is 2.55. The maximum absolute atomic E-state index is 15.5. The lowest BCUT2D eigenvalue weighted by Crippen LogP contribution is -2.56. The number of hydrogen-bond donors (Lipinski definition) is 2. The van der Waals surface area contributed by atoms with E-state index < -0.39 is 11.7 Å². The quantitative estimate of drug-likeness (QED) is 0.629. The number of piperidine rings is 1. The number of phenols is 1. The number of imidazole rings is 1. The lowest BCUT2D eigenvalue weighted by molar-refractivity contribution is 0.0847. The summed E-state index contributed by atoms with van der Waals surface area (Å²) >= 11 is 1.32. The van der Waals surface area contributed by atoms with Gasteiger partial charge in [0, 0.05) is 37.5 Å². The molecule has 31 heavy (non-hydrogen) atoms. The molecular weight excluding hydrogens is 417 g/mol. The van der Waals surface area contributed by atoms with Gasteiger partial charge in [0.25, 0.3) is 0 Å². The molecule has 7 nitrogen and oxygen atoms in total. The number of fused-ring (bicyclic) bond motifs is 2. The van der Waals surface area contributed by atoms with Gasteiger partial charge in [0.15, 0.2) is 5.01 Å². The highest BCUT2D eigenvalue weighted by molar-refractivity contribution is 7.15. The zero-order valence-electron chi connectivity index (χ0n) is 17.3. The van der Waals surface area contributed by atoms with Crippen LogP contribution < -0.4 is 5.32 Å². The van der Waals surface area contributed by atoms with Crippen LogP contribution in [-0.2, 0) is 4.74 Å². The fourth-order valence-corrected chi connectivity index (χ4v) is 5.75. The average molecular weight is 442 g/mol. The molecular formula is C22H24FN5O2S. The van der Waals surface area contributed by atoms with Gasteiger partial charge < -0.3 is 19.7 Å². The number of nitrogens with zero attached hydrogens (tertiary/aromatic N) is 4. The van der Waals surface area contributed by atoms with Gasteiger partial charge in [-0.05, 0) is 37.5 Å². The standard InChI is InChI=1S/C22H24FN5O2S/c1-12(15-9-16-18(30-3)10-22(2,25-16)19(15)23)20-26-27-21(31-20)14-5-4-13(8-17(14)29)28-7-6-24-11-28/h4-8,11,15-16,18-19,25,29H,1,9-10H2,2-3H3/t15-,16-,18+,19-,22-/m0/s1. The molecule has 2 fully saturated rings. The second-order valence-corrected chi connectivity index (χ2v) is 9.48. The van der Waals surface area contributed by atoms with Gasteiger partial charge in [-0.25, -0.2) is 9.37 Å². The van der Waals surface area contributed by atoms with Crippen LogP contribution in [0.4, 0.5) is 4.39 Å². The smallest absolute Gasteiger partial charge is 0.151 e. The van der Waals surface area contributed by atoms with Crippen LogP contribution in [0.2, 0.25) is 0 Å². The number of hydrogen-bond acceptors (Lipinski definition) is 7. The summed E-state index contributed by atoms with van der Waals surface area (Å²) in [5.74, 6) is -0.257. The minimum Gasteiger partial charge on any atom is -0.507 e. The van der Waals surface area contributed by atoms with Crippen LogP contribution in [0.1, 0.15) is 24.8 Å². The van der Waals surface area contributed by atoms with Crippen molar-refractivity contribution in [3.63, 3.8) is 0 Å². The van der Waals surface area contributed by atoms with Gasteiger partial charge in [-0.15, -0.1) is 10.2 Å². The summed E-state index contributed by atoms with van der Waals surface area (Å²) in [4.78, 5) is 4.02. The number of rotatable bonds is 5. The van der Waals surface area contributed by atoms with Crippen molar-refractivity contribution < 1.29 is 14.2 Å². The van der Waals surface area contributed by atoms with Crippen molar-refractivity contribution >= 4 is 16.9 Å². The largest absolute Gasteiger partial charge is 0.507 e. The molecule has 1 aromatic carbocycles. The first-order valence-electron chi connectivity index (χ1n) is 10.2. The number of aromatic hydroxyl groups is 1. The Morgan fingerprint density at radius 2 is 2.26 bits per heavy atom. The summed E-state index contributed by atoms with van der Waals surface area (Å²) in [7, 11) is 1.68. The number of benzene rings is 1. The molecule has 0 spiro atoms. The van der Waals surface area contributed by atoms with Crippen LogP contribution >= 0.6 is 11.3 Å². The number of allylic oxidation sites excluding steroid dienone is 1. The zero-order chi connectivity index (χ0) is 21.8. The van der Waals surface area contributed by atoms with E-state index in [2.05, 4.69) is 27.1 Å².